The smallest absolute Gasteiger partial charge is 0.280 e. The standard InChI is InChI=1S/C37H34N4O2S/c1-25(2)43-35-20-17-28(21-27(35)4)36-29(23-40(39-36)30-11-7-5-8-12-30)22-33-34(24-44-32-18-15-26(3)16-19-32)38-41(37(33)42)31-13-9-6-10-14-31/h5-23,25H,24H2,1-4H3/b33-22+. The summed E-state index contributed by atoms with van der Waals surface area (Å²) in [5, 5.41) is 11.4. The van der Waals surface area contributed by atoms with Gasteiger partial charge in [0.1, 0.15) is 5.75 Å². The van der Waals surface area contributed by atoms with Crippen LogP contribution in [0.15, 0.2) is 125 Å². The van der Waals surface area contributed by atoms with Crippen molar-refractivity contribution in [2.45, 2.75) is 38.7 Å². The number of rotatable bonds is 9. The Bertz CT molecular complexity index is 1840. The third-order valence-corrected chi connectivity index (χ3v) is 8.25. The van der Waals surface area contributed by atoms with Crippen molar-refractivity contribution in [3.8, 4) is 22.7 Å². The Kier molecular flexibility index (Phi) is 8.48. The number of ether oxygens (including phenoxy) is 1. The van der Waals surface area contributed by atoms with E-state index in [1.807, 2.05) is 111 Å². The number of nitrogens with zero attached hydrogens (tertiary/aromatic N) is 4. The van der Waals surface area contributed by atoms with Crippen LogP contribution in [0.1, 0.15) is 30.5 Å². The number of hydrogen-bond donors (Lipinski definition) is 0. The maximum absolute atomic E-state index is 14.0. The lowest BCUT2D eigenvalue weighted by Crippen LogP contribution is -2.21. The van der Waals surface area contributed by atoms with Crippen molar-refractivity contribution in [2.75, 3.05) is 10.8 Å². The predicted molar refractivity (Wildman–Crippen MR) is 181 cm³/mol. The zero-order chi connectivity index (χ0) is 30.6. The van der Waals surface area contributed by atoms with E-state index in [9.17, 15) is 4.79 Å². The van der Waals surface area contributed by atoms with Gasteiger partial charge in [-0.1, -0.05) is 54.1 Å². The highest BCUT2D eigenvalue weighted by molar-refractivity contribution is 8.00. The highest BCUT2D eigenvalue weighted by Gasteiger charge is 2.31. The number of aromatic nitrogens is 2. The molecule has 220 valence electrons. The largest absolute Gasteiger partial charge is 0.491 e. The van der Waals surface area contributed by atoms with E-state index in [0.717, 1.165) is 50.1 Å². The van der Waals surface area contributed by atoms with Gasteiger partial charge in [-0.25, -0.2) is 4.68 Å². The summed E-state index contributed by atoms with van der Waals surface area (Å²) in [5.74, 6) is 1.23. The van der Waals surface area contributed by atoms with Crippen molar-refractivity contribution < 1.29 is 9.53 Å². The van der Waals surface area contributed by atoms with Gasteiger partial charge in [-0.05, 0) is 93.9 Å². The molecule has 0 radical (unpaired) electrons. The van der Waals surface area contributed by atoms with Gasteiger partial charge in [-0.2, -0.15) is 15.2 Å². The first kappa shape index (κ1) is 29.2. The van der Waals surface area contributed by atoms with E-state index >= 15 is 0 Å². The molecule has 0 unspecified atom stereocenters. The highest BCUT2D eigenvalue weighted by Crippen LogP contribution is 2.33. The maximum Gasteiger partial charge on any atom is 0.280 e. The third kappa shape index (κ3) is 6.38. The van der Waals surface area contributed by atoms with Crippen LogP contribution in [-0.4, -0.2) is 33.3 Å². The molecule has 2 heterocycles. The van der Waals surface area contributed by atoms with Crippen LogP contribution in [0.25, 0.3) is 23.0 Å². The molecule has 1 aliphatic rings. The molecule has 5 aromatic rings. The normalized spacial score (nSPS) is 14.0. The number of carbonyl (C=O) groups is 1. The average Bonchev–Trinajstić information content (AvgIpc) is 3.60. The SMILES string of the molecule is Cc1ccc(SCC2=NN(c3ccccc3)C(=O)/C2=C/c2cn(-c3ccccc3)nc2-c2ccc(OC(C)C)c(C)c2)cc1. The lowest BCUT2D eigenvalue weighted by Gasteiger charge is -2.13. The minimum atomic E-state index is -0.161. The summed E-state index contributed by atoms with van der Waals surface area (Å²) in [6.45, 7) is 8.16. The molecule has 7 heteroatoms. The third-order valence-electron chi connectivity index (χ3n) is 7.23. The first-order valence-corrected chi connectivity index (χ1v) is 15.7. The highest BCUT2D eigenvalue weighted by atomic mass is 32.2. The van der Waals surface area contributed by atoms with E-state index in [1.54, 1.807) is 11.8 Å². The van der Waals surface area contributed by atoms with Crippen molar-refractivity contribution in [3.63, 3.8) is 0 Å². The van der Waals surface area contributed by atoms with Crippen molar-refractivity contribution in [1.29, 1.82) is 0 Å². The Morgan fingerprint density at radius 2 is 1.55 bits per heavy atom. The molecule has 1 aliphatic heterocycles. The summed E-state index contributed by atoms with van der Waals surface area (Å²) in [5.41, 5.74) is 7.72. The van der Waals surface area contributed by atoms with Crippen LogP contribution >= 0.6 is 11.8 Å². The van der Waals surface area contributed by atoms with Gasteiger partial charge in [0.2, 0.25) is 0 Å². The molecule has 0 N–H and O–H groups in total. The van der Waals surface area contributed by atoms with Crippen LogP contribution in [0.5, 0.6) is 5.75 Å². The fourth-order valence-electron chi connectivity index (χ4n) is 5.01. The zero-order valence-corrected chi connectivity index (χ0v) is 26.1. The molecule has 6 rings (SSSR count). The minimum absolute atomic E-state index is 0.0774. The number of carbonyl (C=O) groups excluding carboxylic acids is 1. The number of hydrazone groups is 1. The summed E-state index contributed by atoms with van der Waals surface area (Å²) in [6.07, 6.45) is 4.00. The van der Waals surface area contributed by atoms with Gasteiger partial charge in [-0.15, -0.1) is 11.8 Å². The molecule has 1 aromatic heterocycles. The second-order valence-corrected chi connectivity index (χ2v) is 12.1. The fourth-order valence-corrected chi connectivity index (χ4v) is 5.85. The maximum atomic E-state index is 14.0. The molecule has 0 saturated carbocycles. The number of benzene rings is 4. The first-order valence-electron chi connectivity index (χ1n) is 14.7. The van der Waals surface area contributed by atoms with Gasteiger partial charge in [0, 0.05) is 28.0 Å². The van der Waals surface area contributed by atoms with E-state index < -0.39 is 0 Å². The second kappa shape index (κ2) is 12.8. The Labute approximate surface area is 262 Å². The Balaban J connectivity index is 1.43. The molecular weight excluding hydrogens is 565 g/mol. The topological polar surface area (TPSA) is 59.7 Å². The summed E-state index contributed by atoms with van der Waals surface area (Å²) < 4.78 is 7.86. The van der Waals surface area contributed by atoms with Crippen LogP contribution in [0, 0.1) is 13.8 Å². The minimum Gasteiger partial charge on any atom is -0.491 e. The molecule has 44 heavy (non-hydrogen) atoms. The van der Waals surface area contributed by atoms with Crippen molar-refractivity contribution in [1.82, 2.24) is 9.78 Å². The molecule has 0 atom stereocenters. The van der Waals surface area contributed by atoms with Gasteiger partial charge in [-0.3, -0.25) is 4.79 Å². The summed E-state index contributed by atoms with van der Waals surface area (Å²) in [6, 6.07) is 34.1. The lowest BCUT2D eigenvalue weighted by molar-refractivity contribution is -0.114. The molecule has 0 aliphatic carbocycles. The van der Waals surface area contributed by atoms with E-state index in [0.29, 0.717) is 11.3 Å². The lowest BCUT2D eigenvalue weighted by atomic mass is 10.0. The van der Waals surface area contributed by atoms with Crippen molar-refractivity contribution >= 4 is 35.1 Å². The van der Waals surface area contributed by atoms with Crippen molar-refractivity contribution in [3.05, 3.63) is 132 Å². The zero-order valence-electron chi connectivity index (χ0n) is 25.3. The Morgan fingerprint density at radius 3 is 2.20 bits per heavy atom. The van der Waals surface area contributed by atoms with Gasteiger partial charge in [0.05, 0.1) is 34.5 Å². The van der Waals surface area contributed by atoms with Crippen LogP contribution in [0.4, 0.5) is 5.69 Å². The quantitative estimate of drug-likeness (QED) is 0.126. The molecule has 6 nitrogen and oxygen atoms in total. The Morgan fingerprint density at radius 1 is 0.864 bits per heavy atom. The second-order valence-electron chi connectivity index (χ2n) is 11.0. The summed E-state index contributed by atoms with van der Waals surface area (Å²) >= 11 is 1.67. The van der Waals surface area contributed by atoms with Crippen LogP contribution in [0.3, 0.4) is 0 Å². The van der Waals surface area contributed by atoms with E-state index in [1.165, 1.54) is 10.6 Å². The molecule has 4 aromatic carbocycles. The number of amides is 1. The molecular formula is C37H34N4O2S. The average molecular weight is 599 g/mol. The van der Waals surface area contributed by atoms with Gasteiger partial charge in [0.25, 0.3) is 5.91 Å². The summed E-state index contributed by atoms with van der Waals surface area (Å²) in [4.78, 5) is 15.1. The summed E-state index contributed by atoms with van der Waals surface area (Å²) in [7, 11) is 0. The number of para-hydroxylation sites is 2. The van der Waals surface area contributed by atoms with Gasteiger partial charge >= 0.3 is 0 Å². The van der Waals surface area contributed by atoms with Crippen LogP contribution < -0.4 is 9.75 Å². The van der Waals surface area contributed by atoms with E-state index in [-0.39, 0.29) is 12.0 Å². The fraction of sp³-hybridized carbons (Fsp3) is 0.162. The number of thioether (sulfide) groups is 1. The number of aryl methyl sites for hydroxylation is 2. The van der Waals surface area contributed by atoms with E-state index in [2.05, 4.69) is 37.3 Å². The molecule has 0 bridgehead atoms. The monoisotopic (exact) mass is 598 g/mol. The van der Waals surface area contributed by atoms with E-state index in [4.69, 9.17) is 14.9 Å². The number of hydrogen-bond acceptors (Lipinski definition) is 5. The van der Waals surface area contributed by atoms with Gasteiger partial charge < -0.3 is 4.74 Å². The van der Waals surface area contributed by atoms with Crippen LogP contribution in [0.2, 0.25) is 0 Å². The predicted octanol–water partition coefficient (Wildman–Crippen LogP) is 8.52. The molecule has 1 amide bonds. The Hall–Kier alpha value is -4.88. The van der Waals surface area contributed by atoms with Crippen molar-refractivity contribution in [2.24, 2.45) is 5.10 Å². The number of anilines is 1. The van der Waals surface area contributed by atoms with Crippen LogP contribution in [-0.2, 0) is 4.79 Å². The van der Waals surface area contributed by atoms with Gasteiger partial charge in [0.15, 0.2) is 0 Å². The molecule has 0 fully saturated rings. The molecule has 0 spiro atoms. The molecule has 0 saturated heterocycles. The first-order chi connectivity index (χ1) is 21.4.